The smallest absolute Gasteiger partial charge is 0.241 e. The largest absolute Gasteiger partial charge is 0.398 e. The van der Waals surface area contributed by atoms with E-state index in [1.165, 1.54) is 0 Å². The summed E-state index contributed by atoms with van der Waals surface area (Å²) in [5, 5.41) is 2.99. The molecule has 110 valence electrons. The average molecular weight is 276 g/mol. The van der Waals surface area contributed by atoms with E-state index in [0.29, 0.717) is 5.69 Å². The SMILES string of the molecule is Cc1c(N)cccc1NC(=O)C(C)N1CCN(C)CC1. The highest BCUT2D eigenvalue weighted by Crippen LogP contribution is 2.21. The normalized spacial score (nSPS) is 18.8. The Morgan fingerprint density at radius 3 is 2.60 bits per heavy atom. The molecule has 1 saturated heterocycles. The maximum Gasteiger partial charge on any atom is 0.241 e. The van der Waals surface area contributed by atoms with Gasteiger partial charge >= 0.3 is 0 Å². The lowest BCUT2D eigenvalue weighted by atomic mass is 10.1. The monoisotopic (exact) mass is 276 g/mol. The maximum absolute atomic E-state index is 12.3. The Morgan fingerprint density at radius 2 is 1.95 bits per heavy atom. The molecule has 1 fully saturated rings. The molecular formula is C15H24N4O. The summed E-state index contributed by atoms with van der Waals surface area (Å²) >= 11 is 0. The van der Waals surface area contributed by atoms with Crippen LogP contribution in [-0.4, -0.2) is 55.0 Å². The number of amides is 1. The van der Waals surface area contributed by atoms with Gasteiger partial charge in [-0.3, -0.25) is 9.69 Å². The molecule has 0 aliphatic carbocycles. The second kappa shape index (κ2) is 6.24. The summed E-state index contributed by atoms with van der Waals surface area (Å²) in [7, 11) is 2.11. The Hall–Kier alpha value is -1.59. The topological polar surface area (TPSA) is 61.6 Å². The minimum absolute atomic E-state index is 0.0308. The number of nitrogens with zero attached hydrogens (tertiary/aromatic N) is 2. The van der Waals surface area contributed by atoms with Crippen molar-refractivity contribution in [1.29, 1.82) is 0 Å². The van der Waals surface area contributed by atoms with Gasteiger partial charge in [0.1, 0.15) is 0 Å². The molecule has 0 radical (unpaired) electrons. The number of nitrogen functional groups attached to an aromatic ring is 1. The highest BCUT2D eigenvalue weighted by Gasteiger charge is 2.24. The van der Waals surface area contributed by atoms with Gasteiger partial charge in [0.2, 0.25) is 5.91 Å². The fourth-order valence-corrected chi connectivity index (χ4v) is 2.40. The van der Waals surface area contributed by atoms with Gasteiger partial charge in [0, 0.05) is 37.6 Å². The molecule has 0 saturated carbocycles. The average Bonchev–Trinajstić information content (AvgIpc) is 2.44. The van der Waals surface area contributed by atoms with Crippen LogP contribution < -0.4 is 11.1 Å². The molecular weight excluding hydrogens is 252 g/mol. The van der Waals surface area contributed by atoms with E-state index in [1.54, 1.807) is 0 Å². The third-order valence-corrected chi connectivity index (χ3v) is 4.10. The molecule has 1 aliphatic rings. The first-order valence-electron chi connectivity index (χ1n) is 7.07. The molecule has 2 rings (SSSR count). The molecule has 1 aromatic rings. The van der Waals surface area contributed by atoms with Crippen LogP contribution in [0.1, 0.15) is 12.5 Å². The van der Waals surface area contributed by atoms with Gasteiger partial charge in [-0.05, 0) is 38.6 Å². The number of piperazine rings is 1. The third kappa shape index (κ3) is 3.29. The molecule has 20 heavy (non-hydrogen) atoms. The quantitative estimate of drug-likeness (QED) is 0.813. The molecule has 1 heterocycles. The van der Waals surface area contributed by atoms with Crippen molar-refractivity contribution in [2.75, 3.05) is 44.3 Å². The zero-order valence-electron chi connectivity index (χ0n) is 12.5. The van der Waals surface area contributed by atoms with Crippen LogP contribution in [-0.2, 0) is 4.79 Å². The molecule has 1 atom stereocenters. The highest BCUT2D eigenvalue weighted by molar-refractivity contribution is 5.95. The van der Waals surface area contributed by atoms with Gasteiger partial charge in [-0.2, -0.15) is 0 Å². The van der Waals surface area contributed by atoms with Crippen molar-refractivity contribution in [3.05, 3.63) is 23.8 Å². The van der Waals surface area contributed by atoms with Crippen molar-refractivity contribution in [3.63, 3.8) is 0 Å². The Kier molecular flexibility index (Phi) is 4.62. The van der Waals surface area contributed by atoms with Crippen molar-refractivity contribution in [1.82, 2.24) is 9.80 Å². The number of carbonyl (C=O) groups excluding carboxylic acids is 1. The lowest BCUT2D eigenvalue weighted by Crippen LogP contribution is -2.51. The summed E-state index contributed by atoms with van der Waals surface area (Å²) in [5.41, 5.74) is 8.29. The van der Waals surface area contributed by atoms with Crippen LogP contribution in [0.25, 0.3) is 0 Å². The standard InChI is InChI=1S/C15H24N4O/c1-11-13(16)5-4-6-14(11)17-15(20)12(2)19-9-7-18(3)8-10-19/h4-6,12H,7-10,16H2,1-3H3,(H,17,20). The molecule has 0 bridgehead atoms. The number of benzene rings is 1. The lowest BCUT2D eigenvalue weighted by molar-refractivity contribution is -0.121. The first kappa shape index (κ1) is 14.8. The third-order valence-electron chi connectivity index (χ3n) is 4.10. The molecule has 3 N–H and O–H groups in total. The molecule has 5 nitrogen and oxygen atoms in total. The highest BCUT2D eigenvalue weighted by atomic mass is 16.2. The van der Waals surface area contributed by atoms with Crippen LogP contribution in [0.5, 0.6) is 0 Å². The van der Waals surface area contributed by atoms with E-state index in [0.717, 1.165) is 37.4 Å². The van der Waals surface area contributed by atoms with E-state index in [1.807, 2.05) is 32.0 Å². The van der Waals surface area contributed by atoms with Crippen LogP contribution in [0, 0.1) is 6.92 Å². The van der Waals surface area contributed by atoms with Gasteiger partial charge in [0.15, 0.2) is 0 Å². The van der Waals surface area contributed by atoms with Crippen molar-refractivity contribution in [2.45, 2.75) is 19.9 Å². The zero-order valence-corrected chi connectivity index (χ0v) is 12.5. The van der Waals surface area contributed by atoms with E-state index in [-0.39, 0.29) is 11.9 Å². The first-order chi connectivity index (χ1) is 9.49. The second-order valence-corrected chi connectivity index (χ2v) is 5.52. The van der Waals surface area contributed by atoms with Crippen LogP contribution in [0.2, 0.25) is 0 Å². The van der Waals surface area contributed by atoms with Gasteiger partial charge in [0.25, 0.3) is 0 Å². The fourth-order valence-electron chi connectivity index (χ4n) is 2.40. The molecule has 0 spiro atoms. The summed E-state index contributed by atoms with van der Waals surface area (Å²) < 4.78 is 0. The summed E-state index contributed by atoms with van der Waals surface area (Å²) in [4.78, 5) is 16.8. The molecule has 0 aromatic heterocycles. The molecule has 1 aromatic carbocycles. The molecule has 1 amide bonds. The summed E-state index contributed by atoms with van der Waals surface area (Å²) in [5.74, 6) is 0.0308. The van der Waals surface area contributed by atoms with Crippen molar-refractivity contribution in [3.8, 4) is 0 Å². The second-order valence-electron chi connectivity index (χ2n) is 5.52. The Balaban J connectivity index is 1.99. The minimum Gasteiger partial charge on any atom is -0.398 e. The number of rotatable bonds is 3. The Morgan fingerprint density at radius 1 is 1.30 bits per heavy atom. The number of nitrogens with two attached hydrogens (primary N) is 1. The maximum atomic E-state index is 12.3. The molecule has 5 heteroatoms. The Labute approximate surface area is 120 Å². The fraction of sp³-hybridized carbons (Fsp3) is 0.533. The number of nitrogens with one attached hydrogen (secondary N) is 1. The number of carbonyl (C=O) groups is 1. The lowest BCUT2D eigenvalue weighted by Gasteiger charge is -2.35. The number of likely N-dealkylation sites (N-methyl/N-ethyl adjacent to an activating group) is 1. The van der Waals surface area contributed by atoms with E-state index < -0.39 is 0 Å². The number of hydrogen-bond donors (Lipinski definition) is 2. The summed E-state index contributed by atoms with van der Waals surface area (Å²) in [6.45, 7) is 7.76. The first-order valence-corrected chi connectivity index (χ1v) is 7.07. The van der Waals surface area contributed by atoms with Crippen LogP contribution in [0.15, 0.2) is 18.2 Å². The zero-order chi connectivity index (χ0) is 14.7. The molecule has 1 aliphatic heterocycles. The van der Waals surface area contributed by atoms with Gasteiger partial charge in [-0.25, -0.2) is 0 Å². The number of anilines is 2. The van der Waals surface area contributed by atoms with Crippen LogP contribution in [0.4, 0.5) is 11.4 Å². The number of hydrogen-bond acceptors (Lipinski definition) is 4. The predicted molar refractivity (Wildman–Crippen MR) is 82.8 cm³/mol. The van der Waals surface area contributed by atoms with Crippen molar-refractivity contribution >= 4 is 17.3 Å². The predicted octanol–water partition coefficient (Wildman–Crippen LogP) is 1.15. The van der Waals surface area contributed by atoms with Crippen LogP contribution >= 0.6 is 0 Å². The Bertz CT molecular complexity index is 481. The van der Waals surface area contributed by atoms with Crippen LogP contribution in [0.3, 0.4) is 0 Å². The van der Waals surface area contributed by atoms with E-state index in [4.69, 9.17) is 5.73 Å². The van der Waals surface area contributed by atoms with Gasteiger partial charge in [-0.15, -0.1) is 0 Å². The van der Waals surface area contributed by atoms with Gasteiger partial charge in [0.05, 0.1) is 6.04 Å². The minimum atomic E-state index is -0.121. The molecule has 1 unspecified atom stereocenters. The summed E-state index contributed by atoms with van der Waals surface area (Å²) in [6.07, 6.45) is 0. The summed E-state index contributed by atoms with van der Waals surface area (Å²) in [6, 6.07) is 5.47. The van der Waals surface area contributed by atoms with E-state index >= 15 is 0 Å². The van der Waals surface area contributed by atoms with Gasteiger partial charge in [-0.1, -0.05) is 6.07 Å². The van der Waals surface area contributed by atoms with Gasteiger partial charge < -0.3 is 16.0 Å². The van der Waals surface area contributed by atoms with Crippen molar-refractivity contribution < 1.29 is 4.79 Å². The van der Waals surface area contributed by atoms with E-state index in [2.05, 4.69) is 22.2 Å². The van der Waals surface area contributed by atoms with E-state index in [9.17, 15) is 4.79 Å². The van der Waals surface area contributed by atoms with Crippen molar-refractivity contribution in [2.24, 2.45) is 0 Å².